The Kier molecular flexibility index (Phi) is 3.66. The van der Waals surface area contributed by atoms with E-state index in [1.54, 1.807) is 0 Å². The highest BCUT2D eigenvalue weighted by Crippen LogP contribution is 2.51. The van der Waals surface area contributed by atoms with Crippen molar-refractivity contribution in [1.82, 2.24) is 5.32 Å². The van der Waals surface area contributed by atoms with Crippen LogP contribution in [0.25, 0.3) is 0 Å². The first-order valence-electron chi connectivity index (χ1n) is 7.22. The topological polar surface area (TPSA) is 52.9 Å². The summed E-state index contributed by atoms with van der Waals surface area (Å²) in [6.07, 6.45) is 8.36. The van der Waals surface area contributed by atoms with Gasteiger partial charge in [-0.05, 0) is 24.7 Å². The highest BCUT2D eigenvalue weighted by atomic mass is 16.2. The smallest absolute Gasteiger partial charge is 0.224 e. The van der Waals surface area contributed by atoms with Crippen molar-refractivity contribution in [2.75, 3.05) is 0 Å². The van der Waals surface area contributed by atoms with E-state index in [2.05, 4.69) is 25.2 Å². The molecule has 0 saturated heterocycles. The van der Waals surface area contributed by atoms with Crippen molar-refractivity contribution in [3.63, 3.8) is 0 Å². The van der Waals surface area contributed by atoms with Crippen LogP contribution in [0.2, 0.25) is 0 Å². The largest absolute Gasteiger partial charge is 0.338 e. The zero-order chi connectivity index (χ0) is 13.2. The Morgan fingerprint density at radius 3 is 2.11 bits per heavy atom. The minimum atomic E-state index is -0.587. The third kappa shape index (κ3) is 2.85. The van der Waals surface area contributed by atoms with Gasteiger partial charge in [0.25, 0.3) is 0 Å². The average molecular weight is 248 g/mol. The maximum Gasteiger partial charge on any atom is 0.224 e. The van der Waals surface area contributed by atoms with Gasteiger partial charge in [-0.2, -0.15) is 5.26 Å². The van der Waals surface area contributed by atoms with E-state index in [9.17, 15) is 10.1 Å². The summed E-state index contributed by atoms with van der Waals surface area (Å²) in [6.45, 7) is 4.24. The molecule has 100 valence electrons. The molecule has 3 heteroatoms. The molecule has 2 rings (SSSR count). The van der Waals surface area contributed by atoms with Crippen molar-refractivity contribution in [1.29, 1.82) is 5.26 Å². The minimum absolute atomic E-state index is 0.0992. The molecular weight excluding hydrogens is 224 g/mol. The van der Waals surface area contributed by atoms with Crippen LogP contribution in [0, 0.1) is 22.7 Å². The number of nitriles is 1. The first-order valence-corrected chi connectivity index (χ1v) is 7.22. The molecular formula is C15H24N2O. The van der Waals surface area contributed by atoms with Gasteiger partial charge in [0.05, 0.1) is 6.07 Å². The molecule has 1 unspecified atom stereocenters. The summed E-state index contributed by atoms with van der Waals surface area (Å²) in [7, 11) is 0. The summed E-state index contributed by atoms with van der Waals surface area (Å²) in [6, 6.07) is 2.39. The van der Waals surface area contributed by atoms with Crippen molar-refractivity contribution < 1.29 is 4.79 Å². The second kappa shape index (κ2) is 4.91. The van der Waals surface area contributed by atoms with Crippen LogP contribution in [0.4, 0.5) is 0 Å². The van der Waals surface area contributed by atoms with Gasteiger partial charge in [0.2, 0.25) is 5.91 Å². The predicted octanol–water partition coefficient (Wildman–Crippen LogP) is 3.16. The second-order valence-corrected chi connectivity index (χ2v) is 6.70. The molecule has 0 heterocycles. The van der Waals surface area contributed by atoms with E-state index in [0.29, 0.717) is 0 Å². The number of carbonyl (C=O) groups excluding carboxylic acids is 1. The predicted molar refractivity (Wildman–Crippen MR) is 70.7 cm³/mol. The lowest BCUT2D eigenvalue weighted by molar-refractivity contribution is -0.124. The lowest BCUT2D eigenvalue weighted by Gasteiger charge is -2.30. The van der Waals surface area contributed by atoms with Crippen LogP contribution >= 0.6 is 0 Å². The number of carbonyl (C=O) groups is 1. The van der Waals surface area contributed by atoms with Crippen LogP contribution < -0.4 is 5.32 Å². The van der Waals surface area contributed by atoms with Gasteiger partial charge in [-0.15, -0.1) is 0 Å². The zero-order valence-electron chi connectivity index (χ0n) is 11.6. The van der Waals surface area contributed by atoms with E-state index in [0.717, 1.165) is 32.1 Å². The fraction of sp³-hybridized carbons (Fsp3) is 0.867. The van der Waals surface area contributed by atoms with Gasteiger partial charge in [-0.1, -0.05) is 46.0 Å². The van der Waals surface area contributed by atoms with E-state index in [1.165, 1.54) is 19.3 Å². The lowest BCUT2D eigenvalue weighted by atomic mass is 9.85. The fourth-order valence-electron chi connectivity index (χ4n) is 3.01. The highest BCUT2D eigenvalue weighted by molar-refractivity contribution is 5.83. The van der Waals surface area contributed by atoms with E-state index >= 15 is 0 Å². The summed E-state index contributed by atoms with van der Waals surface area (Å²) >= 11 is 0. The van der Waals surface area contributed by atoms with Gasteiger partial charge in [0.1, 0.15) is 5.54 Å². The SMILES string of the molecule is CC1(C)CC1C(=O)NC1(C#N)CCCCCCC1. The number of hydrogen-bond acceptors (Lipinski definition) is 2. The van der Waals surface area contributed by atoms with Gasteiger partial charge in [-0.3, -0.25) is 4.79 Å². The molecule has 0 radical (unpaired) electrons. The first-order chi connectivity index (χ1) is 8.49. The Morgan fingerprint density at radius 1 is 1.17 bits per heavy atom. The monoisotopic (exact) mass is 248 g/mol. The number of rotatable bonds is 2. The van der Waals surface area contributed by atoms with Crippen LogP contribution in [-0.2, 0) is 4.79 Å². The zero-order valence-corrected chi connectivity index (χ0v) is 11.6. The number of nitrogens with one attached hydrogen (secondary N) is 1. The van der Waals surface area contributed by atoms with Gasteiger partial charge < -0.3 is 5.32 Å². The Bertz CT molecular complexity index is 359. The summed E-state index contributed by atoms with van der Waals surface area (Å²) in [5.74, 6) is 0.218. The Morgan fingerprint density at radius 2 is 1.67 bits per heavy atom. The maximum atomic E-state index is 12.2. The summed E-state index contributed by atoms with van der Waals surface area (Å²) in [5.41, 5.74) is -0.446. The molecule has 0 aromatic rings. The van der Waals surface area contributed by atoms with E-state index in [1.807, 2.05) is 0 Å². The van der Waals surface area contributed by atoms with Crippen molar-refractivity contribution >= 4 is 5.91 Å². The van der Waals surface area contributed by atoms with Crippen molar-refractivity contribution in [3.05, 3.63) is 0 Å². The molecule has 0 aliphatic heterocycles. The second-order valence-electron chi connectivity index (χ2n) is 6.70. The van der Waals surface area contributed by atoms with Gasteiger partial charge in [-0.25, -0.2) is 0 Å². The van der Waals surface area contributed by atoms with E-state index < -0.39 is 5.54 Å². The van der Waals surface area contributed by atoms with Crippen LogP contribution in [0.5, 0.6) is 0 Å². The number of hydrogen-bond donors (Lipinski definition) is 1. The quantitative estimate of drug-likeness (QED) is 0.816. The minimum Gasteiger partial charge on any atom is -0.338 e. The summed E-state index contributed by atoms with van der Waals surface area (Å²) in [4.78, 5) is 12.2. The van der Waals surface area contributed by atoms with Gasteiger partial charge in [0, 0.05) is 5.92 Å². The molecule has 0 bridgehead atoms. The Hall–Kier alpha value is -1.04. The molecule has 2 aliphatic carbocycles. The van der Waals surface area contributed by atoms with Crippen molar-refractivity contribution in [2.45, 2.75) is 70.8 Å². The fourth-order valence-corrected chi connectivity index (χ4v) is 3.01. The van der Waals surface area contributed by atoms with Crippen LogP contribution in [0.1, 0.15) is 65.2 Å². The molecule has 2 saturated carbocycles. The molecule has 0 aromatic carbocycles. The van der Waals surface area contributed by atoms with Crippen LogP contribution in [-0.4, -0.2) is 11.4 Å². The van der Waals surface area contributed by atoms with Gasteiger partial charge in [0.15, 0.2) is 0 Å². The number of amides is 1. The third-order valence-corrected chi connectivity index (χ3v) is 4.61. The molecule has 0 spiro atoms. The average Bonchev–Trinajstić information content (AvgIpc) is 2.92. The Balaban J connectivity index is 1.98. The molecule has 3 nitrogen and oxygen atoms in total. The first kappa shape index (κ1) is 13.4. The van der Waals surface area contributed by atoms with Gasteiger partial charge >= 0.3 is 0 Å². The van der Waals surface area contributed by atoms with E-state index in [-0.39, 0.29) is 17.2 Å². The summed E-state index contributed by atoms with van der Waals surface area (Å²) in [5, 5.41) is 12.5. The molecule has 18 heavy (non-hydrogen) atoms. The molecule has 1 atom stereocenters. The molecule has 1 N–H and O–H groups in total. The molecule has 2 aliphatic rings. The standard InChI is InChI=1S/C15H24N2O/c1-14(2)10-12(14)13(18)17-15(11-16)8-6-4-3-5-7-9-15/h12H,3-10H2,1-2H3,(H,17,18). The van der Waals surface area contributed by atoms with Crippen molar-refractivity contribution in [2.24, 2.45) is 11.3 Å². The summed E-state index contributed by atoms with van der Waals surface area (Å²) < 4.78 is 0. The maximum absolute atomic E-state index is 12.2. The molecule has 2 fully saturated rings. The number of nitrogens with zero attached hydrogens (tertiary/aromatic N) is 1. The van der Waals surface area contributed by atoms with Crippen molar-refractivity contribution in [3.8, 4) is 6.07 Å². The van der Waals surface area contributed by atoms with E-state index in [4.69, 9.17) is 0 Å². The Labute approximate surface area is 110 Å². The normalized spacial score (nSPS) is 29.5. The highest BCUT2D eigenvalue weighted by Gasteiger charge is 2.52. The third-order valence-electron chi connectivity index (χ3n) is 4.61. The van der Waals surface area contributed by atoms with Crippen LogP contribution in [0.3, 0.4) is 0 Å². The van der Waals surface area contributed by atoms with Crippen LogP contribution in [0.15, 0.2) is 0 Å². The molecule has 0 aromatic heterocycles. The lowest BCUT2D eigenvalue weighted by Crippen LogP contribution is -2.48. The molecule has 1 amide bonds.